The van der Waals surface area contributed by atoms with Gasteiger partial charge in [-0.3, -0.25) is 9.59 Å². The van der Waals surface area contributed by atoms with Crippen molar-refractivity contribution >= 4 is 11.9 Å². The maximum Gasteiger partial charge on any atom is 0.309 e. The van der Waals surface area contributed by atoms with E-state index in [0.29, 0.717) is 19.6 Å². The normalized spacial score (nSPS) is 11.9. The molecule has 1 aromatic rings. The van der Waals surface area contributed by atoms with Crippen LogP contribution in [0.2, 0.25) is 0 Å². The van der Waals surface area contributed by atoms with Crippen LogP contribution < -0.4 is 0 Å². The Hall–Kier alpha value is -1.84. The molecule has 1 rings (SSSR count). The molecule has 0 heterocycles. The summed E-state index contributed by atoms with van der Waals surface area (Å²) in [6.45, 7) is 7.38. The first kappa shape index (κ1) is 32.2. The van der Waals surface area contributed by atoms with Gasteiger partial charge in [0.25, 0.3) is 0 Å². The molecular weight excluding hydrogens is 448 g/mol. The van der Waals surface area contributed by atoms with Crippen molar-refractivity contribution in [3.8, 4) is 0 Å². The fourth-order valence-electron chi connectivity index (χ4n) is 4.57. The number of carbonyl (C=O) groups excluding carboxylic acids is 2. The molecule has 0 aliphatic rings. The summed E-state index contributed by atoms with van der Waals surface area (Å²) in [6, 6.07) is 8.12. The van der Waals surface area contributed by atoms with Crippen molar-refractivity contribution in [2.75, 3.05) is 13.2 Å². The Morgan fingerprint density at radius 3 is 1.72 bits per heavy atom. The summed E-state index contributed by atoms with van der Waals surface area (Å²) in [6.07, 6.45) is 19.9. The average molecular weight is 503 g/mol. The van der Waals surface area contributed by atoms with Crippen molar-refractivity contribution in [1.29, 1.82) is 0 Å². The number of carbonyl (C=O) groups is 2. The maximum atomic E-state index is 12.9. The molecule has 4 nitrogen and oxygen atoms in total. The van der Waals surface area contributed by atoms with Crippen LogP contribution in [0.25, 0.3) is 0 Å². The Labute approximate surface area is 221 Å². The van der Waals surface area contributed by atoms with Crippen LogP contribution in [0.15, 0.2) is 24.3 Å². The Morgan fingerprint density at radius 1 is 0.694 bits per heavy atom. The van der Waals surface area contributed by atoms with Crippen LogP contribution in [0.1, 0.15) is 134 Å². The molecular formula is C32H54O4. The summed E-state index contributed by atoms with van der Waals surface area (Å²) >= 11 is 0. The molecule has 0 aromatic heterocycles. The van der Waals surface area contributed by atoms with Crippen LogP contribution in [-0.2, 0) is 25.5 Å². The molecule has 0 saturated heterocycles. The first-order valence-corrected chi connectivity index (χ1v) is 14.9. The molecule has 0 bridgehead atoms. The van der Waals surface area contributed by atoms with Gasteiger partial charge in [-0.1, -0.05) is 134 Å². The zero-order valence-electron chi connectivity index (χ0n) is 23.7. The molecule has 36 heavy (non-hydrogen) atoms. The van der Waals surface area contributed by atoms with Gasteiger partial charge in [0.2, 0.25) is 0 Å². The van der Waals surface area contributed by atoms with E-state index in [0.717, 1.165) is 36.8 Å². The minimum atomic E-state index is -0.494. The minimum absolute atomic E-state index is 0.0845. The molecule has 1 atom stereocenters. The second-order valence-corrected chi connectivity index (χ2v) is 10.4. The van der Waals surface area contributed by atoms with Crippen LogP contribution in [0, 0.1) is 12.8 Å². The monoisotopic (exact) mass is 502 g/mol. The van der Waals surface area contributed by atoms with Gasteiger partial charge in [-0.15, -0.1) is 0 Å². The highest BCUT2D eigenvalue weighted by Gasteiger charge is 2.25. The zero-order valence-corrected chi connectivity index (χ0v) is 23.7. The summed E-state index contributed by atoms with van der Waals surface area (Å²) in [4.78, 5) is 25.4. The Bertz CT molecular complexity index is 684. The third-order valence-corrected chi connectivity index (χ3v) is 6.81. The molecule has 206 valence electrons. The highest BCUT2D eigenvalue weighted by molar-refractivity contribution is 5.80. The van der Waals surface area contributed by atoms with E-state index in [1.807, 2.05) is 25.1 Å². The van der Waals surface area contributed by atoms with E-state index in [1.54, 1.807) is 0 Å². The number of hydrogen-bond acceptors (Lipinski definition) is 4. The molecule has 0 spiro atoms. The van der Waals surface area contributed by atoms with Crippen molar-refractivity contribution < 1.29 is 19.1 Å². The topological polar surface area (TPSA) is 52.6 Å². The number of unbranched alkanes of at least 4 members (excludes halogenated alkanes) is 14. The van der Waals surface area contributed by atoms with Crippen molar-refractivity contribution in [3.05, 3.63) is 35.4 Å². The standard InChI is InChI=1S/C32H54O4/c1-4-6-8-10-12-14-16-18-23-35-31(33)27-30(26-29-22-20-21-28(3)25-29)32(34)36-24-19-17-15-13-11-9-7-5-2/h20-22,25,30H,4-19,23-24,26-27H2,1-3H3. The van der Waals surface area contributed by atoms with Crippen molar-refractivity contribution in [3.63, 3.8) is 0 Å². The average Bonchev–Trinajstić information content (AvgIpc) is 2.86. The lowest BCUT2D eigenvalue weighted by Gasteiger charge is -2.16. The summed E-state index contributed by atoms with van der Waals surface area (Å²) in [5.41, 5.74) is 2.20. The lowest BCUT2D eigenvalue weighted by atomic mass is 9.95. The molecule has 0 aliphatic carbocycles. The zero-order chi connectivity index (χ0) is 26.3. The Morgan fingerprint density at radius 2 is 1.19 bits per heavy atom. The van der Waals surface area contributed by atoms with Crippen molar-refractivity contribution in [2.24, 2.45) is 5.92 Å². The molecule has 1 unspecified atom stereocenters. The van der Waals surface area contributed by atoms with Gasteiger partial charge < -0.3 is 9.47 Å². The number of aryl methyl sites for hydroxylation is 1. The summed E-state index contributed by atoms with van der Waals surface area (Å²) < 4.78 is 11.1. The van der Waals surface area contributed by atoms with Gasteiger partial charge in [-0.2, -0.15) is 0 Å². The molecule has 0 saturated carbocycles. The van der Waals surface area contributed by atoms with Crippen molar-refractivity contribution in [2.45, 2.75) is 136 Å². The van der Waals surface area contributed by atoms with E-state index in [2.05, 4.69) is 19.9 Å². The van der Waals surface area contributed by atoms with Gasteiger partial charge in [0.05, 0.1) is 25.6 Å². The van der Waals surface area contributed by atoms with Gasteiger partial charge in [0, 0.05) is 0 Å². The van der Waals surface area contributed by atoms with E-state index in [-0.39, 0.29) is 18.4 Å². The van der Waals surface area contributed by atoms with Crippen molar-refractivity contribution in [1.82, 2.24) is 0 Å². The van der Waals surface area contributed by atoms with Gasteiger partial charge in [-0.05, 0) is 31.7 Å². The fraction of sp³-hybridized carbons (Fsp3) is 0.750. The van der Waals surface area contributed by atoms with E-state index >= 15 is 0 Å². The molecule has 0 N–H and O–H groups in total. The predicted molar refractivity (Wildman–Crippen MR) is 150 cm³/mol. The van der Waals surface area contributed by atoms with Crippen LogP contribution >= 0.6 is 0 Å². The molecule has 0 amide bonds. The highest BCUT2D eigenvalue weighted by Crippen LogP contribution is 2.18. The van der Waals surface area contributed by atoms with Gasteiger partial charge in [0.1, 0.15) is 0 Å². The van der Waals surface area contributed by atoms with E-state index in [9.17, 15) is 9.59 Å². The fourth-order valence-corrected chi connectivity index (χ4v) is 4.57. The molecule has 0 fully saturated rings. The minimum Gasteiger partial charge on any atom is -0.466 e. The predicted octanol–water partition coefficient (Wildman–Crippen LogP) is 8.91. The van der Waals surface area contributed by atoms with Crippen LogP contribution in [0.5, 0.6) is 0 Å². The first-order valence-electron chi connectivity index (χ1n) is 14.9. The molecule has 4 heteroatoms. The van der Waals surface area contributed by atoms with Gasteiger partial charge >= 0.3 is 11.9 Å². The quantitative estimate of drug-likeness (QED) is 0.111. The second kappa shape index (κ2) is 22.4. The van der Waals surface area contributed by atoms with Crippen LogP contribution in [-0.4, -0.2) is 25.2 Å². The van der Waals surface area contributed by atoms with E-state index in [4.69, 9.17) is 9.47 Å². The van der Waals surface area contributed by atoms with Crippen LogP contribution in [0.4, 0.5) is 0 Å². The number of esters is 2. The van der Waals surface area contributed by atoms with Gasteiger partial charge in [0.15, 0.2) is 0 Å². The largest absolute Gasteiger partial charge is 0.466 e. The third kappa shape index (κ3) is 17.6. The number of hydrogen-bond donors (Lipinski definition) is 0. The molecule has 0 radical (unpaired) electrons. The summed E-state index contributed by atoms with van der Waals surface area (Å²) in [7, 11) is 0. The highest BCUT2D eigenvalue weighted by atomic mass is 16.5. The van der Waals surface area contributed by atoms with Crippen LogP contribution in [0.3, 0.4) is 0 Å². The third-order valence-electron chi connectivity index (χ3n) is 6.81. The smallest absolute Gasteiger partial charge is 0.309 e. The maximum absolute atomic E-state index is 12.9. The number of benzene rings is 1. The Kier molecular flexibility index (Phi) is 20.0. The second-order valence-electron chi connectivity index (χ2n) is 10.4. The van der Waals surface area contributed by atoms with E-state index in [1.165, 1.54) is 77.0 Å². The number of rotatable bonds is 23. The number of ether oxygens (including phenoxy) is 2. The summed E-state index contributed by atoms with van der Waals surface area (Å²) in [5, 5.41) is 0. The molecule has 1 aromatic carbocycles. The lowest BCUT2D eigenvalue weighted by molar-refractivity contribution is -0.155. The summed E-state index contributed by atoms with van der Waals surface area (Å²) in [5.74, 6) is -1.06. The molecule has 0 aliphatic heterocycles. The Balaban J connectivity index is 2.36. The van der Waals surface area contributed by atoms with Gasteiger partial charge in [-0.25, -0.2) is 0 Å². The lowest BCUT2D eigenvalue weighted by Crippen LogP contribution is -2.24. The SMILES string of the molecule is CCCCCCCCCCOC(=O)CC(Cc1cccc(C)c1)C(=O)OCCCCCCCCCC. The first-order chi connectivity index (χ1) is 17.6. The van der Waals surface area contributed by atoms with E-state index < -0.39 is 5.92 Å².